The molecule has 0 bridgehead atoms. The number of nitrogens with two attached hydrogens (primary N) is 1. The molecule has 0 fully saturated rings. The van der Waals surface area contributed by atoms with Crippen molar-refractivity contribution >= 4 is 12.4 Å². The Kier molecular flexibility index (Phi) is 12.0. The smallest absolute Gasteiger partial charge is 0.0439 e. The van der Waals surface area contributed by atoms with Crippen LogP contribution < -0.4 is 5.73 Å². The second-order valence-electron chi connectivity index (χ2n) is 3.33. The van der Waals surface area contributed by atoms with Crippen molar-refractivity contribution in [3.05, 3.63) is 18.7 Å². The molecule has 0 saturated heterocycles. The van der Waals surface area contributed by atoms with Crippen LogP contribution in [0.3, 0.4) is 0 Å². The van der Waals surface area contributed by atoms with Gasteiger partial charge in [0.1, 0.15) is 0 Å². The Labute approximate surface area is 97.2 Å². The molecule has 0 saturated carbocycles. The van der Waals surface area contributed by atoms with Crippen molar-refractivity contribution in [1.29, 1.82) is 0 Å². The molecule has 1 radical (unpaired) electrons. The van der Waals surface area contributed by atoms with Gasteiger partial charge in [-0.3, -0.25) is 0 Å². The lowest BCUT2D eigenvalue weighted by Gasteiger charge is -2.28. The zero-order valence-electron chi connectivity index (χ0n) is 8.80. The predicted octanol–water partition coefficient (Wildman–Crippen LogP) is 0.218. The van der Waals surface area contributed by atoms with Crippen LogP contribution in [-0.4, -0.2) is 35.1 Å². The molecule has 0 rings (SSSR count). The van der Waals surface area contributed by atoms with E-state index < -0.39 is 0 Å². The Morgan fingerprint density at radius 3 is 1.60 bits per heavy atom. The van der Waals surface area contributed by atoms with Crippen LogP contribution in [0.2, 0.25) is 0 Å². The van der Waals surface area contributed by atoms with Gasteiger partial charge in [0.25, 0.3) is 0 Å². The summed E-state index contributed by atoms with van der Waals surface area (Å²) in [7, 11) is 0. The minimum Gasteiger partial charge on any atom is -0.396 e. The van der Waals surface area contributed by atoms with Gasteiger partial charge in [0, 0.05) is 26.4 Å². The molecule has 0 aromatic carbocycles. The van der Waals surface area contributed by atoms with E-state index in [1.165, 1.54) is 6.54 Å². The van der Waals surface area contributed by atoms with E-state index >= 15 is 0 Å². The maximum Gasteiger partial charge on any atom is 0.0439 e. The average molecular weight is 239 g/mol. The minimum atomic E-state index is -0.339. The lowest BCUT2D eigenvalue weighted by molar-refractivity contribution is 0.137. The maximum absolute atomic E-state index is 8.92. The summed E-state index contributed by atoms with van der Waals surface area (Å²) >= 11 is 0. The van der Waals surface area contributed by atoms with Gasteiger partial charge in [0.05, 0.1) is 0 Å². The van der Waals surface area contributed by atoms with Crippen LogP contribution >= 0.6 is 12.4 Å². The Morgan fingerprint density at radius 1 is 0.933 bits per heavy atom. The van der Waals surface area contributed by atoms with E-state index in [4.69, 9.17) is 21.1 Å². The second-order valence-corrected chi connectivity index (χ2v) is 3.33. The highest BCUT2D eigenvalue weighted by Gasteiger charge is 2.25. The summed E-state index contributed by atoms with van der Waals surface area (Å²) in [6.07, 6.45) is 5.10. The number of allylic oxidation sites excluding steroid dienone is 1. The number of halogens is 1. The average Bonchev–Trinajstić information content (AvgIpc) is 2.16. The molecule has 0 atom stereocenters. The summed E-state index contributed by atoms with van der Waals surface area (Å²) in [5.41, 5.74) is 4.89. The monoisotopic (exact) mass is 238 g/mol. The Hall–Kier alpha value is -0.130. The number of hydrogen-bond donors (Lipinski definition) is 4. The largest absolute Gasteiger partial charge is 0.396 e. The third kappa shape index (κ3) is 6.87. The van der Waals surface area contributed by atoms with Gasteiger partial charge in [-0.25, -0.2) is 0 Å². The first-order chi connectivity index (χ1) is 6.74. The molecule has 5 heteroatoms. The number of aliphatic hydroxyl groups excluding tert-OH is 3. The molecule has 4 nitrogen and oxygen atoms in total. The predicted molar refractivity (Wildman–Crippen MR) is 62.4 cm³/mol. The summed E-state index contributed by atoms with van der Waals surface area (Å²) in [5, 5.41) is 26.7. The van der Waals surface area contributed by atoms with Crippen LogP contribution in [0.1, 0.15) is 19.3 Å². The first-order valence-electron chi connectivity index (χ1n) is 4.80. The van der Waals surface area contributed by atoms with E-state index in [-0.39, 0.29) is 37.6 Å². The molecule has 0 amide bonds. The van der Waals surface area contributed by atoms with Gasteiger partial charge >= 0.3 is 0 Å². The SMILES string of the molecule is Cl.N[CH]/C=C/C(CCO)(CCO)CCO. The Bertz CT molecular complexity index is 148. The molecule has 15 heavy (non-hydrogen) atoms. The van der Waals surface area contributed by atoms with Gasteiger partial charge in [-0.1, -0.05) is 12.2 Å². The van der Waals surface area contributed by atoms with E-state index in [2.05, 4.69) is 0 Å². The molecule has 0 aliphatic carbocycles. The van der Waals surface area contributed by atoms with Crippen LogP contribution in [0.15, 0.2) is 12.2 Å². The number of aliphatic hydroxyl groups is 3. The van der Waals surface area contributed by atoms with E-state index in [0.717, 1.165) is 0 Å². The van der Waals surface area contributed by atoms with Crippen molar-refractivity contribution in [1.82, 2.24) is 0 Å². The quantitative estimate of drug-likeness (QED) is 0.487. The van der Waals surface area contributed by atoms with E-state index in [9.17, 15) is 0 Å². The molecule has 0 heterocycles. The highest BCUT2D eigenvalue weighted by molar-refractivity contribution is 5.85. The van der Waals surface area contributed by atoms with Gasteiger partial charge < -0.3 is 21.1 Å². The van der Waals surface area contributed by atoms with Crippen LogP contribution in [0.5, 0.6) is 0 Å². The van der Waals surface area contributed by atoms with Gasteiger partial charge in [-0.15, -0.1) is 12.4 Å². The summed E-state index contributed by atoms with van der Waals surface area (Å²) in [6.45, 7) is 1.51. The fraction of sp³-hybridized carbons (Fsp3) is 0.700. The van der Waals surface area contributed by atoms with Crippen molar-refractivity contribution in [3.8, 4) is 0 Å². The second kappa shape index (κ2) is 10.4. The summed E-state index contributed by atoms with van der Waals surface area (Å²) in [5.74, 6) is 0. The molecule has 0 aliphatic rings. The molecular formula is C10H21ClNO3. The van der Waals surface area contributed by atoms with Crippen LogP contribution in [-0.2, 0) is 0 Å². The van der Waals surface area contributed by atoms with Crippen molar-refractivity contribution in [2.75, 3.05) is 19.8 Å². The van der Waals surface area contributed by atoms with Gasteiger partial charge in [-0.05, 0) is 24.7 Å². The standard InChI is InChI=1S/C10H20NO3.ClH/c11-6-1-2-10(3-7-12,4-8-13)5-9-14;/h1-2,6,12-14H,3-5,7-9,11H2;1H/b2-1+;. The molecule has 0 aliphatic heterocycles. The van der Waals surface area contributed by atoms with Gasteiger partial charge in [0.15, 0.2) is 0 Å². The Balaban J connectivity index is 0. The Morgan fingerprint density at radius 2 is 1.33 bits per heavy atom. The molecule has 0 aromatic rings. The molecule has 91 valence electrons. The first-order valence-corrected chi connectivity index (χ1v) is 4.80. The fourth-order valence-electron chi connectivity index (χ4n) is 1.55. The number of hydrogen-bond acceptors (Lipinski definition) is 4. The zero-order valence-corrected chi connectivity index (χ0v) is 9.62. The van der Waals surface area contributed by atoms with Crippen molar-refractivity contribution < 1.29 is 15.3 Å². The van der Waals surface area contributed by atoms with Crippen LogP contribution in [0, 0.1) is 12.0 Å². The first kappa shape index (κ1) is 17.3. The van der Waals surface area contributed by atoms with E-state index in [1.807, 2.05) is 6.08 Å². The van der Waals surface area contributed by atoms with Crippen molar-refractivity contribution in [3.63, 3.8) is 0 Å². The molecule has 0 spiro atoms. The topological polar surface area (TPSA) is 86.7 Å². The fourth-order valence-corrected chi connectivity index (χ4v) is 1.55. The molecule has 5 N–H and O–H groups in total. The third-order valence-corrected chi connectivity index (χ3v) is 2.39. The van der Waals surface area contributed by atoms with Crippen molar-refractivity contribution in [2.24, 2.45) is 11.1 Å². The lowest BCUT2D eigenvalue weighted by atomic mass is 9.78. The van der Waals surface area contributed by atoms with E-state index in [1.54, 1.807) is 6.08 Å². The highest BCUT2D eigenvalue weighted by atomic mass is 35.5. The molecule has 0 aromatic heterocycles. The van der Waals surface area contributed by atoms with Crippen LogP contribution in [0.4, 0.5) is 0 Å². The van der Waals surface area contributed by atoms with E-state index in [0.29, 0.717) is 19.3 Å². The lowest BCUT2D eigenvalue weighted by Crippen LogP contribution is -2.23. The minimum absolute atomic E-state index is 0. The van der Waals surface area contributed by atoms with Crippen LogP contribution in [0.25, 0.3) is 0 Å². The summed E-state index contributed by atoms with van der Waals surface area (Å²) < 4.78 is 0. The maximum atomic E-state index is 8.92. The highest BCUT2D eigenvalue weighted by Crippen LogP contribution is 2.32. The van der Waals surface area contributed by atoms with Gasteiger partial charge in [-0.2, -0.15) is 0 Å². The molecular weight excluding hydrogens is 218 g/mol. The number of rotatable bonds is 8. The van der Waals surface area contributed by atoms with Gasteiger partial charge in [0.2, 0.25) is 0 Å². The zero-order chi connectivity index (χ0) is 10.9. The van der Waals surface area contributed by atoms with Crippen molar-refractivity contribution in [2.45, 2.75) is 19.3 Å². The third-order valence-electron chi connectivity index (χ3n) is 2.39. The summed E-state index contributed by atoms with van der Waals surface area (Å²) in [6, 6.07) is 0. The summed E-state index contributed by atoms with van der Waals surface area (Å²) in [4.78, 5) is 0. The normalized spacial score (nSPS) is 11.7. The molecule has 0 unspecified atom stereocenters.